The molecule has 2 N–H and O–H groups in total. The zero-order valence-electron chi connectivity index (χ0n) is 16.6. The molecule has 0 aliphatic carbocycles. The van der Waals surface area contributed by atoms with Crippen LogP contribution in [0.3, 0.4) is 0 Å². The summed E-state index contributed by atoms with van der Waals surface area (Å²) in [4.78, 5) is 36.3. The van der Waals surface area contributed by atoms with Crippen LogP contribution in [0.2, 0.25) is 0 Å². The first-order chi connectivity index (χ1) is 13.8. The summed E-state index contributed by atoms with van der Waals surface area (Å²) in [5.41, 5.74) is 1.68. The van der Waals surface area contributed by atoms with Gasteiger partial charge < -0.3 is 20.3 Å². The van der Waals surface area contributed by atoms with Crippen LogP contribution in [0.15, 0.2) is 42.5 Å². The molecule has 2 rings (SSSR count). The number of amides is 2. The Hall–Kier alpha value is -3.46. The molecule has 154 valence electrons. The second-order valence-corrected chi connectivity index (χ2v) is 6.44. The maximum absolute atomic E-state index is 12.6. The zero-order valence-corrected chi connectivity index (χ0v) is 16.6. The molecule has 0 heterocycles. The van der Waals surface area contributed by atoms with E-state index in [1.165, 1.54) is 32.2 Å². The number of methoxy groups -OCH3 is 1. The minimum absolute atomic E-state index is 0.0639. The summed E-state index contributed by atoms with van der Waals surface area (Å²) in [6.07, 6.45) is 0. The van der Waals surface area contributed by atoms with Gasteiger partial charge in [0.25, 0.3) is 11.6 Å². The van der Waals surface area contributed by atoms with Crippen molar-refractivity contribution >= 4 is 28.9 Å². The number of nitrogens with zero attached hydrogens (tertiary/aromatic N) is 2. The standard InChI is InChI=1S/C20H24N4O5/c1-14(25)23(2)13-15-5-4-6-17(11-15)22-20(26)16-7-8-18(21-9-10-29-3)19(12-16)24(27)28/h4-8,11-12,21H,9-10,13H2,1-3H3,(H,22,26). The molecule has 2 amide bonds. The Labute approximate surface area is 168 Å². The van der Waals surface area contributed by atoms with Crippen molar-refractivity contribution in [3.63, 3.8) is 0 Å². The molecule has 0 aliphatic rings. The number of benzene rings is 2. The smallest absolute Gasteiger partial charge is 0.293 e. The first-order valence-corrected chi connectivity index (χ1v) is 8.95. The van der Waals surface area contributed by atoms with Crippen LogP contribution < -0.4 is 10.6 Å². The average molecular weight is 400 g/mol. The molecular weight excluding hydrogens is 376 g/mol. The largest absolute Gasteiger partial charge is 0.383 e. The van der Waals surface area contributed by atoms with Crippen LogP contribution in [0.5, 0.6) is 0 Å². The van der Waals surface area contributed by atoms with Gasteiger partial charge in [-0.3, -0.25) is 19.7 Å². The number of carbonyl (C=O) groups excluding carboxylic acids is 2. The van der Waals surface area contributed by atoms with Crippen LogP contribution in [0.25, 0.3) is 0 Å². The summed E-state index contributed by atoms with van der Waals surface area (Å²) in [6, 6.07) is 11.3. The van der Waals surface area contributed by atoms with Gasteiger partial charge >= 0.3 is 0 Å². The van der Waals surface area contributed by atoms with Crippen LogP contribution in [0.1, 0.15) is 22.8 Å². The summed E-state index contributed by atoms with van der Waals surface area (Å²) in [6.45, 7) is 2.69. The van der Waals surface area contributed by atoms with Crippen LogP contribution in [0.4, 0.5) is 17.1 Å². The van der Waals surface area contributed by atoms with Gasteiger partial charge in [-0.15, -0.1) is 0 Å². The van der Waals surface area contributed by atoms with E-state index in [1.54, 1.807) is 30.1 Å². The number of carbonyl (C=O) groups is 2. The first-order valence-electron chi connectivity index (χ1n) is 8.95. The molecule has 2 aromatic rings. The number of hydrogen-bond acceptors (Lipinski definition) is 6. The fraction of sp³-hybridized carbons (Fsp3) is 0.300. The number of ether oxygens (including phenoxy) is 1. The number of rotatable bonds is 9. The summed E-state index contributed by atoms with van der Waals surface area (Å²) in [7, 11) is 3.23. The third-order valence-corrected chi connectivity index (χ3v) is 4.22. The van der Waals surface area contributed by atoms with Gasteiger partial charge in [0, 0.05) is 51.5 Å². The molecule has 2 aromatic carbocycles. The van der Waals surface area contributed by atoms with E-state index in [0.29, 0.717) is 31.1 Å². The summed E-state index contributed by atoms with van der Waals surface area (Å²) in [5, 5.41) is 17.0. The Balaban J connectivity index is 2.15. The molecule has 9 nitrogen and oxygen atoms in total. The molecule has 29 heavy (non-hydrogen) atoms. The van der Waals surface area contributed by atoms with Gasteiger partial charge in [0.05, 0.1) is 11.5 Å². The Bertz CT molecular complexity index is 900. The second-order valence-electron chi connectivity index (χ2n) is 6.44. The van der Waals surface area contributed by atoms with Gasteiger partial charge in [-0.25, -0.2) is 0 Å². The van der Waals surface area contributed by atoms with Crippen molar-refractivity contribution in [2.75, 3.05) is 37.9 Å². The Morgan fingerprint density at radius 1 is 1.21 bits per heavy atom. The number of nitro benzene ring substituents is 1. The van der Waals surface area contributed by atoms with E-state index >= 15 is 0 Å². The number of nitro groups is 1. The van der Waals surface area contributed by atoms with E-state index in [1.807, 2.05) is 6.07 Å². The normalized spacial score (nSPS) is 10.3. The molecular formula is C20H24N4O5. The Morgan fingerprint density at radius 3 is 2.62 bits per heavy atom. The number of nitrogens with one attached hydrogen (secondary N) is 2. The van der Waals surface area contributed by atoms with E-state index in [2.05, 4.69) is 10.6 Å². The number of anilines is 2. The highest BCUT2D eigenvalue weighted by Gasteiger charge is 2.17. The summed E-state index contributed by atoms with van der Waals surface area (Å²) in [5.74, 6) is -0.528. The van der Waals surface area contributed by atoms with Gasteiger partial charge in [-0.05, 0) is 29.8 Å². The van der Waals surface area contributed by atoms with Crippen molar-refractivity contribution in [3.8, 4) is 0 Å². The van der Waals surface area contributed by atoms with E-state index in [-0.39, 0.29) is 17.2 Å². The van der Waals surface area contributed by atoms with Crippen LogP contribution >= 0.6 is 0 Å². The molecule has 0 fully saturated rings. The molecule has 0 aliphatic heterocycles. The third kappa shape index (κ3) is 6.28. The van der Waals surface area contributed by atoms with Crippen molar-refractivity contribution in [2.45, 2.75) is 13.5 Å². The highest BCUT2D eigenvalue weighted by Crippen LogP contribution is 2.26. The van der Waals surface area contributed by atoms with E-state index in [4.69, 9.17) is 4.74 Å². The predicted molar refractivity (Wildman–Crippen MR) is 110 cm³/mol. The molecule has 0 saturated carbocycles. The highest BCUT2D eigenvalue weighted by atomic mass is 16.6. The lowest BCUT2D eigenvalue weighted by molar-refractivity contribution is -0.384. The fourth-order valence-electron chi connectivity index (χ4n) is 2.60. The maximum atomic E-state index is 12.6. The number of hydrogen-bond donors (Lipinski definition) is 2. The van der Waals surface area contributed by atoms with Crippen molar-refractivity contribution in [1.82, 2.24) is 4.90 Å². The van der Waals surface area contributed by atoms with Gasteiger partial charge in [0.2, 0.25) is 5.91 Å². The molecule has 9 heteroatoms. The van der Waals surface area contributed by atoms with Gasteiger partial charge in [-0.1, -0.05) is 12.1 Å². The second kappa shape index (κ2) is 10.2. The minimum atomic E-state index is -0.538. The van der Waals surface area contributed by atoms with Crippen LogP contribution in [0, 0.1) is 10.1 Å². The quantitative estimate of drug-likeness (QED) is 0.380. The van der Waals surface area contributed by atoms with E-state index in [9.17, 15) is 19.7 Å². The van der Waals surface area contributed by atoms with Crippen molar-refractivity contribution < 1.29 is 19.2 Å². The average Bonchev–Trinajstić information content (AvgIpc) is 2.68. The highest BCUT2D eigenvalue weighted by molar-refractivity contribution is 6.05. The lowest BCUT2D eigenvalue weighted by Gasteiger charge is -2.15. The molecule has 0 aromatic heterocycles. The fourth-order valence-corrected chi connectivity index (χ4v) is 2.60. The van der Waals surface area contributed by atoms with E-state index < -0.39 is 10.8 Å². The maximum Gasteiger partial charge on any atom is 0.293 e. The minimum Gasteiger partial charge on any atom is -0.383 e. The molecule has 0 spiro atoms. The van der Waals surface area contributed by atoms with E-state index in [0.717, 1.165) is 5.56 Å². The molecule has 0 bridgehead atoms. The van der Waals surface area contributed by atoms with Crippen molar-refractivity contribution in [2.24, 2.45) is 0 Å². The predicted octanol–water partition coefficient (Wildman–Crippen LogP) is 2.88. The summed E-state index contributed by atoms with van der Waals surface area (Å²) < 4.78 is 4.92. The lowest BCUT2D eigenvalue weighted by atomic mass is 10.1. The molecule has 0 atom stereocenters. The Kier molecular flexibility index (Phi) is 7.67. The Morgan fingerprint density at radius 2 is 1.97 bits per heavy atom. The van der Waals surface area contributed by atoms with Crippen molar-refractivity contribution in [3.05, 3.63) is 63.7 Å². The molecule has 0 radical (unpaired) electrons. The lowest BCUT2D eigenvalue weighted by Crippen LogP contribution is -2.23. The summed E-state index contributed by atoms with van der Waals surface area (Å²) >= 11 is 0. The van der Waals surface area contributed by atoms with Gasteiger partial charge in [-0.2, -0.15) is 0 Å². The van der Waals surface area contributed by atoms with Crippen LogP contribution in [-0.2, 0) is 16.1 Å². The first kappa shape index (κ1) is 21.8. The third-order valence-electron chi connectivity index (χ3n) is 4.22. The van der Waals surface area contributed by atoms with Crippen molar-refractivity contribution in [1.29, 1.82) is 0 Å². The zero-order chi connectivity index (χ0) is 21.4. The molecule has 0 unspecified atom stereocenters. The van der Waals surface area contributed by atoms with Gasteiger partial charge in [0.15, 0.2) is 0 Å². The molecule has 0 saturated heterocycles. The topological polar surface area (TPSA) is 114 Å². The van der Waals surface area contributed by atoms with Gasteiger partial charge in [0.1, 0.15) is 5.69 Å². The SMILES string of the molecule is COCCNc1ccc(C(=O)Nc2cccc(CN(C)C(C)=O)c2)cc1[N+](=O)[O-]. The monoisotopic (exact) mass is 400 g/mol. The van der Waals surface area contributed by atoms with Crippen LogP contribution in [-0.4, -0.2) is 48.9 Å².